The number of H-pyrrole nitrogens is 1. The zero-order valence-electron chi connectivity index (χ0n) is 17.9. The lowest BCUT2D eigenvalue weighted by Gasteiger charge is -2.14. The highest BCUT2D eigenvalue weighted by molar-refractivity contribution is 8.26. The fourth-order valence-electron chi connectivity index (χ4n) is 2.86. The largest absolute Gasteiger partial charge is 0.480 e. The molecule has 1 aliphatic heterocycles. The SMILES string of the molecule is O=C(O)CNC(=O)CNC(=O)CN1C(=O)C(=Cc2[nH]c(-c3ccc(F)c(F)c3)cc(=O)c2Cl)SC1=S. The number of hydrogen-bond donors (Lipinski definition) is 4. The summed E-state index contributed by atoms with van der Waals surface area (Å²) >= 11 is 12.1. The normalized spacial score (nSPS) is 14.3. The number of hydrogen-bond acceptors (Lipinski definition) is 7. The summed E-state index contributed by atoms with van der Waals surface area (Å²) < 4.78 is 26.9. The second kappa shape index (κ2) is 11.4. The van der Waals surface area contributed by atoms with Crippen LogP contribution in [0.4, 0.5) is 8.78 Å². The van der Waals surface area contributed by atoms with Gasteiger partial charge in [0.05, 0.1) is 17.1 Å². The Balaban J connectivity index is 1.76. The summed E-state index contributed by atoms with van der Waals surface area (Å²) in [4.78, 5) is 63.0. The van der Waals surface area contributed by atoms with Gasteiger partial charge in [-0.1, -0.05) is 35.6 Å². The predicted octanol–water partition coefficient (Wildman–Crippen LogP) is 1.49. The molecule has 0 spiro atoms. The molecule has 1 aromatic heterocycles. The Kier molecular flexibility index (Phi) is 8.55. The number of thiocarbonyl (C=S) groups is 1. The lowest BCUT2D eigenvalue weighted by atomic mass is 10.1. The first-order valence-corrected chi connectivity index (χ1v) is 11.5. The van der Waals surface area contributed by atoms with Gasteiger partial charge in [-0.2, -0.15) is 0 Å². The standard InChI is InChI=1S/C21H15ClF2N4O6S2/c22-19-13(27-12(4-14(19)29)9-1-2-10(23)11(24)3-9)5-15-20(34)28(21(35)36-15)8-17(31)25-6-16(30)26-7-18(32)33/h1-5H,6-8H2,(H,25,31)(H,26,30)(H,27,29)(H,32,33). The molecular formula is C21H15ClF2N4O6S2. The number of amides is 3. The quantitative estimate of drug-likeness (QED) is 0.282. The van der Waals surface area contributed by atoms with Crippen LogP contribution in [0.25, 0.3) is 17.3 Å². The molecule has 188 valence electrons. The molecule has 3 rings (SSSR count). The van der Waals surface area contributed by atoms with Gasteiger partial charge < -0.3 is 20.7 Å². The highest BCUT2D eigenvalue weighted by Crippen LogP contribution is 2.33. The first-order chi connectivity index (χ1) is 17.0. The van der Waals surface area contributed by atoms with Crippen LogP contribution < -0.4 is 16.1 Å². The Bertz CT molecular complexity index is 1380. The van der Waals surface area contributed by atoms with Crippen molar-refractivity contribution in [2.24, 2.45) is 0 Å². The van der Waals surface area contributed by atoms with E-state index >= 15 is 0 Å². The molecule has 1 aromatic carbocycles. The Labute approximate surface area is 215 Å². The number of carboxylic acid groups (broad SMARTS) is 1. The van der Waals surface area contributed by atoms with Crippen molar-refractivity contribution in [2.45, 2.75) is 0 Å². The lowest BCUT2D eigenvalue weighted by molar-refractivity contribution is -0.138. The molecule has 0 aliphatic carbocycles. The number of nitrogens with one attached hydrogen (secondary N) is 3. The Morgan fingerprint density at radius 2 is 1.81 bits per heavy atom. The summed E-state index contributed by atoms with van der Waals surface area (Å²) in [7, 11) is 0. The van der Waals surface area contributed by atoms with Gasteiger partial charge in [0.1, 0.15) is 22.4 Å². The molecule has 0 bridgehead atoms. The van der Waals surface area contributed by atoms with Gasteiger partial charge in [-0.05, 0) is 24.3 Å². The van der Waals surface area contributed by atoms with E-state index in [0.29, 0.717) is 0 Å². The summed E-state index contributed by atoms with van der Waals surface area (Å²) in [6.07, 6.45) is 1.24. The molecule has 3 amide bonds. The fourth-order valence-corrected chi connectivity index (χ4v) is 4.26. The number of carbonyl (C=O) groups excluding carboxylic acids is 3. The number of rotatable bonds is 8. The summed E-state index contributed by atoms with van der Waals surface area (Å²) in [6.45, 7) is -1.64. The van der Waals surface area contributed by atoms with Crippen LogP contribution >= 0.6 is 35.6 Å². The van der Waals surface area contributed by atoms with Crippen LogP contribution in [-0.2, 0) is 19.2 Å². The third-order valence-corrected chi connectivity index (χ3v) is 6.33. The number of pyridine rings is 1. The van der Waals surface area contributed by atoms with Crippen LogP contribution in [-0.4, -0.2) is 62.6 Å². The van der Waals surface area contributed by atoms with Crippen molar-refractivity contribution in [3.05, 3.63) is 61.7 Å². The zero-order valence-corrected chi connectivity index (χ0v) is 20.3. The van der Waals surface area contributed by atoms with Crippen LogP contribution in [0.3, 0.4) is 0 Å². The molecule has 0 atom stereocenters. The maximum atomic E-state index is 13.6. The van der Waals surface area contributed by atoms with Crippen molar-refractivity contribution in [3.63, 3.8) is 0 Å². The molecule has 2 aromatic rings. The fraction of sp³-hybridized carbons (Fsp3) is 0.143. The molecule has 0 unspecified atom stereocenters. The predicted molar refractivity (Wildman–Crippen MR) is 131 cm³/mol. The Morgan fingerprint density at radius 1 is 1.11 bits per heavy atom. The number of carboxylic acids is 1. The molecule has 1 aliphatic rings. The van der Waals surface area contributed by atoms with Crippen LogP contribution in [0.15, 0.2) is 34.0 Å². The van der Waals surface area contributed by atoms with Crippen molar-refractivity contribution in [1.82, 2.24) is 20.5 Å². The smallest absolute Gasteiger partial charge is 0.322 e. The van der Waals surface area contributed by atoms with Gasteiger partial charge in [0.25, 0.3) is 5.91 Å². The Hall–Kier alpha value is -3.62. The number of nitrogens with zero attached hydrogens (tertiary/aromatic N) is 1. The minimum Gasteiger partial charge on any atom is -0.480 e. The minimum absolute atomic E-state index is 0.00366. The molecule has 2 heterocycles. The monoisotopic (exact) mass is 556 g/mol. The van der Waals surface area contributed by atoms with Crippen molar-refractivity contribution < 1.29 is 33.1 Å². The molecule has 1 saturated heterocycles. The number of benzene rings is 1. The first kappa shape index (κ1) is 27.0. The van der Waals surface area contributed by atoms with Crippen LogP contribution in [0.2, 0.25) is 5.02 Å². The molecule has 4 N–H and O–H groups in total. The van der Waals surface area contributed by atoms with Gasteiger partial charge in [-0.3, -0.25) is 28.9 Å². The van der Waals surface area contributed by atoms with E-state index in [1.165, 1.54) is 12.1 Å². The van der Waals surface area contributed by atoms with Crippen molar-refractivity contribution in [3.8, 4) is 11.3 Å². The van der Waals surface area contributed by atoms with Gasteiger partial charge in [0, 0.05) is 17.3 Å². The maximum Gasteiger partial charge on any atom is 0.322 e. The van der Waals surface area contributed by atoms with E-state index in [0.717, 1.165) is 34.9 Å². The van der Waals surface area contributed by atoms with Crippen molar-refractivity contribution >= 4 is 69.7 Å². The lowest BCUT2D eigenvalue weighted by Crippen LogP contribution is -2.44. The summed E-state index contributed by atoms with van der Waals surface area (Å²) in [5.41, 5.74) is -0.360. The number of carbonyl (C=O) groups is 4. The number of aliphatic carboxylic acids is 1. The average molecular weight is 557 g/mol. The van der Waals surface area contributed by atoms with Crippen molar-refractivity contribution in [2.75, 3.05) is 19.6 Å². The van der Waals surface area contributed by atoms with Crippen LogP contribution in [0.5, 0.6) is 0 Å². The van der Waals surface area contributed by atoms with E-state index in [2.05, 4.69) is 15.6 Å². The average Bonchev–Trinajstić information content (AvgIpc) is 3.08. The highest BCUT2D eigenvalue weighted by Gasteiger charge is 2.33. The van der Waals surface area contributed by atoms with Gasteiger partial charge in [-0.25, -0.2) is 8.78 Å². The molecule has 0 saturated carbocycles. The zero-order chi connectivity index (χ0) is 26.6. The number of thioether (sulfide) groups is 1. The second-order valence-corrected chi connectivity index (χ2v) is 9.17. The van der Waals surface area contributed by atoms with Gasteiger partial charge in [0.2, 0.25) is 17.2 Å². The van der Waals surface area contributed by atoms with Gasteiger partial charge >= 0.3 is 5.97 Å². The topological polar surface area (TPSA) is 149 Å². The van der Waals surface area contributed by atoms with Gasteiger partial charge in [-0.15, -0.1) is 0 Å². The molecule has 1 fully saturated rings. The maximum absolute atomic E-state index is 13.6. The second-order valence-electron chi connectivity index (χ2n) is 7.12. The number of halogens is 3. The van der Waals surface area contributed by atoms with E-state index in [1.807, 2.05) is 0 Å². The summed E-state index contributed by atoms with van der Waals surface area (Å²) in [5.74, 6) is -5.59. The molecule has 15 heteroatoms. The first-order valence-electron chi connectivity index (χ1n) is 9.85. The molecular weight excluding hydrogens is 542 g/mol. The van der Waals surface area contributed by atoms with E-state index in [-0.39, 0.29) is 31.2 Å². The van der Waals surface area contributed by atoms with Crippen LogP contribution in [0, 0.1) is 11.6 Å². The third-order valence-electron chi connectivity index (χ3n) is 4.56. The minimum atomic E-state index is -1.25. The Morgan fingerprint density at radius 3 is 2.47 bits per heavy atom. The van der Waals surface area contributed by atoms with Crippen molar-refractivity contribution in [1.29, 1.82) is 0 Å². The van der Waals surface area contributed by atoms with E-state index in [1.54, 1.807) is 0 Å². The molecule has 0 radical (unpaired) electrons. The van der Waals surface area contributed by atoms with E-state index in [9.17, 15) is 32.8 Å². The highest BCUT2D eigenvalue weighted by atomic mass is 35.5. The van der Waals surface area contributed by atoms with Crippen LogP contribution in [0.1, 0.15) is 5.69 Å². The van der Waals surface area contributed by atoms with E-state index < -0.39 is 60.4 Å². The van der Waals surface area contributed by atoms with Gasteiger partial charge in [0.15, 0.2) is 11.6 Å². The summed E-state index contributed by atoms with van der Waals surface area (Å²) in [6, 6.07) is 4.12. The molecule has 10 nitrogen and oxygen atoms in total. The number of aromatic nitrogens is 1. The third kappa shape index (κ3) is 6.53. The van der Waals surface area contributed by atoms with E-state index in [4.69, 9.17) is 28.9 Å². The summed E-state index contributed by atoms with van der Waals surface area (Å²) in [5, 5.41) is 12.6. The molecule has 36 heavy (non-hydrogen) atoms. The number of aromatic amines is 1.